The van der Waals surface area contributed by atoms with Gasteiger partial charge in [0, 0.05) is 5.56 Å². The quantitative estimate of drug-likeness (QED) is 0.345. The summed E-state index contributed by atoms with van der Waals surface area (Å²) in [5, 5.41) is 8.66. The van der Waals surface area contributed by atoms with E-state index in [1.807, 2.05) is 0 Å². The van der Waals surface area contributed by atoms with Gasteiger partial charge in [-0.1, -0.05) is 81.6 Å². The molecule has 0 bridgehead atoms. The first-order chi connectivity index (χ1) is 11.2. The van der Waals surface area contributed by atoms with Gasteiger partial charge >= 0.3 is 0 Å². The van der Waals surface area contributed by atoms with Gasteiger partial charge in [0.05, 0.1) is 16.1 Å². The minimum absolute atomic E-state index is 1.05. The summed E-state index contributed by atoms with van der Waals surface area (Å²) in [4.78, 5) is 0. The van der Waals surface area contributed by atoms with Crippen LogP contribution in [0.3, 0.4) is 0 Å². The molecule has 2 heteroatoms. The zero-order chi connectivity index (χ0) is 17.7. The number of hydrogen-bond acceptors (Lipinski definition) is 0. The summed E-state index contributed by atoms with van der Waals surface area (Å²) in [5.74, 6) is 2.96. The van der Waals surface area contributed by atoms with E-state index in [1.165, 1.54) is 26.7 Å². The van der Waals surface area contributed by atoms with Gasteiger partial charge in [0.15, 0.2) is 0 Å². The van der Waals surface area contributed by atoms with Crippen LogP contribution < -0.4 is 10.4 Å². The van der Waals surface area contributed by atoms with E-state index < -0.39 is 16.1 Å². The van der Waals surface area contributed by atoms with Gasteiger partial charge in [-0.3, -0.25) is 0 Å². The third kappa shape index (κ3) is 2.62. The molecule has 0 amide bonds. The normalized spacial score (nSPS) is 12.5. The van der Waals surface area contributed by atoms with E-state index in [0.29, 0.717) is 0 Å². The minimum Gasteiger partial charge on any atom is -0.115 e. The fraction of sp³-hybridized carbons (Fsp3) is 0.273. The molecule has 0 atom stereocenters. The van der Waals surface area contributed by atoms with E-state index in [1.54, 1.807) is 5.19 Å². The predicted molar refractivity (Wildman–Crippen MR) is 115 cm³/mol. The molecular formula is C22H26Si2. The van der Waals surface area contributed by atoms with Crippen LogP contribution in [0, 0.1) is 12.3 Å². The molecule has 0 saturated carbocycles. The molecule has 0 aliphatic heterocycles. The first-order valence-corrected chi connectivity index (χ1v) is 15.6. The van der Waals surface area contributed by atoms with E-state index in [0.717, 1.165) is 5.56 Å². The lowest BCUT2D eigenvalue weighted by molar-refractivity contribution is 1.69. The molecule has 3 rings (SSSR count). The summed E-state index contributed by atoms with van der Waals surface area (Å²) in [5.41, 5.74) is 1.05. The van der Waals surface area contributed by atoms with E-state index in [4.69, 9.17) is 6.42 Å². The summed E-state index contributed by atoms with van der Waals surface area (Å²) in [7, 11) is -3.11. The highest BCUT2D eigenvalue weighted by Crippen LogP contribution is 2.28. The summed E-state index contributed by atoms with van der Waals surface area (Å²) in [6.45, 7) is 14.6. The smallest absolute Gasteiger partial charge is 0.0792 e. The van der Waals surface area contributed by atoms with E-state index in [2.05, 4.69) is 87.7 Å². The van der Waals surface area contributed by atoms with Crippen molar-refractivity contribution in [3.63, 3.8) is 0 Å². The molecule has 0 heterocycles. The number of rotatable bonds is 2. The van der Waals surface area contributed by atoms with Crippen LogP contribution in [0.2, 0.25) is 39.3 Å². The SMILES string of the molecule is C#Cc1cccc2c([Si](C)(C)C)c3ccccc3c([Si](C)(C)C)c12. The Morgan fingerprint density at radius 2 is 1.17 bits per heavy atom. The standard InChI is InChI=1S/C22H26Si2/c1-8-16-12-11-15-19-20(16)22(24(5,6)7)18-14-10-9-13-17(18)21(19)23(2,3)4/h1,9-15H,2-7H3. The molecule has 0 aromatic heterocycles. The lowest BCUT2D eigenvalue weighted by atomic mass is 9.99. The third-order valence-electron chi connectivity index (χ3n) is 4.71. The highest BCUT2D eigenvalue weighted by Gasteiger charge is 2.29. The van der Waals surface area contributed by atoms with Gasteiger partial charge in [-0.2, -0.15) is 0 Å². The van der Waals surface area contributed by atoms with Crippen molar-refractivity contribution < 1.29 is 0 Å². The van der Waals surface area contributed by atoms with Crippen LogP contribution in [-0.2, 0) is 0 Å². The van der Waals surface area contributed by atoms with Gasteiger partial charge in [-0.05, 0) is 38.0 Å². The Kier molecular flexibility index (Phi) is 3.98. The molecule has 0 saturated heterocycles. The van der Waals surface area contributed by atoms with Crippen molar-refractivity contribution in [2.24, 2.45) is 0 Å². The summed E-state index contributed by atoms with van der Waals surface area (Å²) >= 11 is 0. The minimum atomic E-state index is -1.57. The van der Waals surface area contributed by atoms with E-state index in [-0.39, 0.29) is 0 Å². The van der Waals surface area contributed by atoms with Crippen molar-refractivity contribution in [2.45, 2.75) is 39.3 Å². The van der Waals surface area contributed by atoms with Crippen molar-refractivity contribution >= 4 is 48.1 Å². The Bertz CT molecular complexity index is 977. The number of hydrogen-bond donors (Lipinski definition) is 0. The fourth-order valence-corrected chi connectivity index (χ4v) is 8.02. The summed E-state index contributed by atoms with van der Waals surface area (Å²) in [6, 6.07) is 15.5. The van der Waals surface area contributed by atoms with Crippen molar-refractivity contribution in [1.82, 2.24) is 0 Å². The van der Waals surface area contributed by atoms with Crippen molar-refractivity contribution in [1.29, 1.82) is 0 Å². The number of fused-ring (bicyclic) bond motifs is 2. The summed E-state index contributed by atoms with van der Waals surface area (Å²) in [6.07, 6.45) is 5.91. The maximum Gasteiger partial charge on any atom is 0.0792 e. The summed E-state index contributed by atoms with van der Waals surface area (Å²) < 4.78 is 0. The molecule has 0 unspecified atom stereocenters. The van der Waals surface area contributed by atoms with Gasteiger partial charge < -0.3 is 0 Å². The third-order valence-corrected chi connectivity index (χ3v) is 8.76. The van der Waals surface area contributed by atoms with Gasteiger partial charge in [0.2, 0.25) is 0 Å². The molecule has 0 nitrogen and oxygen atoms in total. The topological polar surface area (TPSA) is 0 Å². The Balaban J connectivity index is 2.75. The molecule has 0 spiro atoms. The highest BCUT2D eigenvalue weighted by atomic mass is 28.3. The van der Waals surface area contributed by atoms with Crippen LogP contribution in [-0.4, -0.2) is 16.1 Å². The average Bonchev–Trinajstić information content (AvgIpc) is 2.49. The molecule has 122 valence electrons. The van der Waals surface area contributed by atoms with Crippen molar-refractivity contribution in [3.8, 4) is 12.3 Å². The van der Waals surface area contributed by atoms with Crippen LogP contribution in [0.15, 0.2) is 42.5 Å². The van der Waals surface area contributed by atoms with Gasteiger partial charge in [0.1, 0.15) is 0 Å². The second-order valence-corrected chi connectivity index (χ2v) is 18.7. The monoisotopic (exact) mass is 346 g/mol. The van der Waals surface area contributed by atoms with Crippen LogP contribution in [0.4, 0.5) is 0 Å². The van der Waals surface area contributed by atoms with Crippen LogP contribution in [0.25, 0.3) is 21.5 Å². The zero-order valence-electron chi connectivity index (χ0n) is 15.6. The lowest BCUT2D eigenvalue weighted by Gasteiger charge is -2.29. The molecule has 0 radical (unpaired) electrons. The molecule has 0 N–H and O–H groups in total. The lowest BCUT2D eigenvalue weighted by Crippen LogP contribution is -2.44. The average molecular weight is 347 g/mol. The van der Waals surface area contributed by atoms with Crippen LogP contribution in [0.5, 0.6) is 0 Å². The number of benzene rings is 3. The van der Waals surface area contributed by atoms with Gasteiger partial charge in [-0.15, -0.1) is 6.42 Å². The van der Waals surface area contributed by atoms with E-state index in [9.17, 15) is 0 Å². The van der Waals surface area contributed by atoms with Crippen molar-refractivity contribution in [3.05, 3.63) is 48.0 Å². The molecule has 0 fully saturated rings. The predicted octanol–water partition coefficient (Wildman–Crippen LogP) is 5.06. The Labute approximate surface area is 147 Å². The molecular weight excluding hydrogens is 320 g/mol. The molecule has 3 aromatic rings. The Morgan fingerprint density at radius 3 is 1.67 bits per heavy atom. The number of terminal acetylenes is 1. The molecule has 3 aromatic carbocycles. The maximum absolute atomic E-state index is 5.91. The Morgan fingerprint density at radius 1 is 0.667 bits per heavy atom. The first kappa shape index (κ1) is 17.0. The highest BCUT2D eigenvalue weighted by molar-refractivity contribution is 6.95. The first-order valence-electron chi connectivity index (χ1n) is 8.61. The van der Waals surface area contributed by atoms with Crippen molar-refractivity contribution in [2.75, 3.05) is 0 Å². The van der Waals surface area contributed by atoms with E-state index >= 15 is 0 Å². The van der Waals surface area contributed by atoms with Crippen LogP contribution >= 0.6 is 0 Å². The Hall–Kier alpha value is -1.83. The maximum atomic E-state index is 5.91. The van der Waals surface area contributed by atoms with Gasteiger partial charge in [-0.25, -0.2) is 0 Å². The van der Waals surface area contributed by atoms with Crippen LogP contribution in [0.1, 0.15) is 5.56 Å². The van der Waals surface area contributed by atoms with Gasteiger partial charge in [0.25, 0.3) is 0 Å². The molecule has 0 aliphatic rings. The molecule has 0 aliphatic carbocycles. The molecule has 24 heavy (non-hydrogen) atoms. The fourth-order valence-electron chi connectivity index (χ4n) is 3.94. The second-order valence-electron chi connectivity index (χ2n) is 8.67. The zero-order valence-corrected chi connectivity index (χ0v) is 17.6. The second kappa shape index (κ2) is 5.62. The largest absolute Gasteiger partial charge is 0.115 e.